The van der Waals surface area contributed by atoms with Crippen molar-refractivity contribution in [1.82, 2.24) is 10.2 Å². The van der Waals surface area contributed by atoms with Crippen LogP contribution in [0.2, 0.25) is 0 Å². The normalized spacial score (nSPS) is 11.8. The van der Waals surface area contributed by atoms with E-state index in [0.717, 1.165) is 5.56 Å². The molecule has 0 aliphatic rings. The van der Waals surface area contributed by atoms with Crippen LogP contribution in [0.25, 0.3) is 0 Å². The Morgan fingerprint density at radius 2 is 1.94 bits per heavy atom. The van der Waals surface area contributed by atoms with E-state index in [-0.39, 0.29) is 11.8 Å². The third-order valence-electron chi connectivity index (χ3n) is 2.78. The van der Waals surface area contributed by atoms with E-state index in [9.17, 15) is 9.59 Å². The van der Waals surface area contributed by atoms with Gasteiger partial charge in [-0.2, -0.15) is 0 Å². The molecular formula is C13H19N3O2. The van der Waals surface area contributed by atoms with E-state index < -0.39 is 6.04 Å². The van der Waals surface area contributed by atoms with Crippen LogP contribution in [0.3, 0.4) is 0 Å². The molecule has 1 aromatic rings. The Balaban J connectivity index is 2.83. The third kappa shape index (κ3) is 3.00. The van der Waals surface area contributed by atoms with Gasteiger partial charge in [0.1, 0.15) is 6.04 Å². The first-order valence-electron chi connectivity index (χ1n) is 5.71. The topological polar surface area (TPSA) is 75.4 Å². The fraction of sp³-hybridized carbons (Fsp3) is 0.385. The summed E-state index contributed by atoms with van der Waals surface area (Å²) in [5, 5.41) is 2.66. The number of nitrogen functional groups attached to an aromatic ring is 1. The Labute approximate surface area is 107 Å². The number of carbonyl (C=O) groups excluding carboxylic acids is 2. The molecule has 3 N–H and O–H groups in total. The molecule has 0 spiro atoms. The van der Waals surface area contributed by atoms with E-state index in [0.29, 0.717) is 11.3 Å². The lowest BCUT2D eigenvalue weighted by atomic mass is 10.1. The van der Waals surface area contributed by atoms with Gasteiger partial charge in [-0.15, -0.1) is 0 Å². The van der Waals surface area contributed by atoms with Gasteiger partial charge < -0.3 is 16.0 Å². The van der Waals surface area contributed by atoms with Crippen LogP contribution in [0, 0.1) is 6.92 Å². The summed E-state index contributed by atoms with van der Waals surface area (Å²) in [6.07, 6.45) is 0. The molecule has 0 fully saturated rings. The minimum atomic E-state index is -0.562. The fourth-order valence-electron chi connectivity index (χ4n) is 1.62. The number of anilines is 1. The van der Waals surface area contributed by atoms with E-state index in [1.807, 2.05) is 0 Å². The van der Waals surface area contributed by atoms with Crippen LogP contribution in [-0.4, -0.2) is 36.9 Å². The lowest BCUT2D eigenvalue weighted by molar-refractivity contribution is -0.130. The number of benzene rings is 1. The first kappa shape index (κ1) is 14.0. The number of amides is 2. The number of carbonyl (C=O) groups is 2. The van der Waals surface area contributed by atoms with Gasteiger partial charge in [0.15, 0.2) is 0 Å². The summed E-state index contributed by atoms with van der Waals surface area (Å²) in [6.45, 7) is 3.44. The Hall–Kier alpha value is -2.04. The number of rotatable bonds is 3. The zero-order valence-corrected chi connectivity index (χ0v) is 11.2. The van der Waals surface area contributed by atoms with Gasteiger partial charge in [0.05, 0.1) is 0 Å². The minimum absolute atomic E-state index is 0.148. The maximum atomic E-state index is 12.0. The number of nitrogens with two attached hydrogens (primary N) is 1. The van der Waals surface area contributed by atoms with Crippen molar-refractivity contribution in [2.24, 2.45) is 0 Å². The molecule has 0 aromatic heterocycles. The van der Waals surface area contributed by atoms with E-state index in [1.54, 1.807) is 46.1 Å². The van der Waals surface area contributed by atoms with Gasteiger partial charge in [0.25, 0.3) is 5.91 Å². The van der Waals surface area contributed by atoms with Crippen LogP contribution < -0.4 is 11.1 Å². The summed E-state index contributed by atoms with van der Waals surface area (Å²) in [6, 6.07) is 4.58. The largest absolute Gasteiger partial charge is 0.398 e. The van der Waals surface area contributed by atoms with E-state index >= 15 is 0 Å². The van der Waals surface area contributed by atoms with Crippen molar-refractivity contribution in [3.63, 3.8) is 0 Å². The predicted molar refractivity (Wildman–Crippen MR) is 71.2 cm³/mol. The molecule has 0 aliphatic carbocycles. The first-order valence-corrected chi connectivity index (χ1v) is 5.71. The summed E-state index contributed by atoms with van der Waals surface area (Å²) >= 11 is 0. The maximum absolute atomic E-state index is 12.0. The summed E-state index contributed by atoms with van der Waals surface area (Å²) in [5.74, 6) is -0.438. The van der Waals surface area contributed by atoms with E-state index in [4.69, 9.17) is 5.73 Å². The molecule has 1 rings (SSSR count). The highest BCUT2D eigenvalue weighted by molar-refractivity contribution is 5.99. The summed E-state index contributed by atoms with van der Waals surface area (Å²) in [5.41, 5.74) is 7.52. The molecule has 0 heterocycles. The lowest BCUT2D eigenvalue weighted by Crippen LogP contribution is -2.44. The second-order valence-corrected chi connectivity index (χ2v) is 4.45. The standard InChI is InChI=1S/C13H19N3O2/c1-8-10(6-5-7-11(8)14)12(17)15-9(2)13(18)16(3)4/h5-7,9H,14H2,1-4H3,(H,15,17). The second kappa shape index (κ2) is 5.53. The molecule has 1 unspecified atom stereocenters. The molecule has 0 aliphatic heterocycles. The number of likely N-dealkylation sites (N-methyl/N-ethyl adjacent to an activating group) is 1. The highest BCUT2D eigenvalue weighted by atomic mass is 16.2. The van der Waals surface area contributed by atoms with E-state index in [1.165, 1.54) is 4.90 Å². The van der Waals surface area contributed by atoms with Crippen LogP contribution in [0.4, 0.5) is 5.69 Å². The maximum Gasteiger partial charge on any atom is 0.252 e. The van der Waals surface area contributed by atoms with Gasteiger partial charge in [-0.3, -0.25) is 9.59 Å². The zero-order valence-electron chi connectivity index (χ0n) is 11.2. The molecule has 1 aromatic carbocycles. The van der Waals surface area contributed by atoms with Crippen molar-refractivity contribution in [2.75, 3.05) is 19.8 Å². The molecule has 5 heteroatoms. The molecule has 98 valence electrons. The quantitative estimate of drug-likeness (QED) is 0.777. The Bertz CT molecular complexity index is 469. The van der Waals surface area contributed by atoms with Crippen LogP contribution in [0.5, 0.6) is 0 Å². The lowest BCUT2D eigenvalue weighted by Gasteiger charge is -2.18. The summed E-state index contributed by atoms with van der Waals surface area (Å²) in [4.78, 5) is 25.1. The number of nitrogens with zero attached hydrogens (tertiary/aromatic N) is 1. The number of nitrogens with one attached hydrogen (secondary N) is 1. The molecule has 5 nitrogen and oxygen atoms in total. The molecule has 0 bridgehead atoms. The van der Waals surface area contributed by atoms with Crippen molar-refractivity contribution >= 4 is 17.5 Å². The van der Waals surface area contributed by atoms with Gasteiger partial charge in [-0.1, -0.05) is 6.07 Å². The zero-order chi connectivity index (χ0) is 13.9. The molecule has 0 saturated carbocycles. The minimum Gasteiger partial charge on any atom is -0.398 e. The third-order valence-corrected chi connectivity index (χ3v) is 2.78. The van der Waals surface area contributed by atoms with Crippen molar-refractivity contribution in [3.8, 4) is 0 Å². The van der Waals surface area contributed by atoms with Gasteiger partial charge in [-0.05, 0) is 31.5 Å². The van der Waals surface area contributed by atoms with E-state index in [2.05, 4.69) is 5.32 Å². The van der Waals surface area contributed by atoms with Crippen LogP contribution in [-0.2, 0) is 4.79 Å². The fourth-order valence-corrected chi connectivity index (χ4v) is 1.62. The summed E-state index contributed by atoms with van der Waals surface area (Å²) < 4.78 is 0. The Morgan fingerprint density at radius 3 is 2.50 bits per heavy atom. The van der Waals surface area contributed by atoms with Gasteiger partial charge >= 0.3 is 0 Å². The average Bonchev–Trinajstić information content (AvgIpc) is 2.31. The first-order chi connectivity index (χ1) is 8.34. The summed E-state index contributed by atoms with van der Waals surface area (Å²) in [7, 11) is 3.30. The van der Waals surface area contributed by atoms with Crippen LogP contribution >= 0.6 is 0 Å². The monoisotopic (exact) mass is 249 g/mol. The number of hydrogen-bond donors (Lipinski definition) is 2. The highest BCUT2D eigenvalue weighted by Gasteiger charge is 2.19. The van der Waals surface area contributed by atoms with Gasteiger partial charge in [-0.25, -0.2) is 0 Å². The van der Waals surface area contributed by atoms with Crippen LogP contribution in [0.1, 0.15) is 22.8 Å². The van der Waals surface area contributed by atoms with Crippen molar-refractivity contribution < 1.29 is 9.59 Å². The molecular weight excluding hydrogens is 230 g/mol. The molecule has 0 saturated heterocycles. The predicted octanol–water partition coefficient (Wildman–Crippen LogP) is 0.784. The molecule has 2 amide bonds. The average molecular weight is 249 g/mol. The number of hydrogen-bond acceptors (Lipinski definition) is 3. The Kier molecular flexibility index (Phi) is 4.31. The van der Waals surface area contributed by atoms with Gasteiger partial charge in [0, 0.05) is 25.3 Å². The smallest absolute Gasteiger partial charge is 0.252 e. The molecule has 0 radical (unpaired) electrons. The highest BCUT2D eigenvalue weighted by Crippen LogP contribution is 2.15. The van der Waals surface area contributed by atoms with Gasteiger partial charge in [0.2, 0.25) is 5.91 Å². The Morgan fingerprint density at radius 1 is 1.33 bits per heavy atom. The van der Waals surface area contributed by atoms with Crippen molar-refractivity contribution in [2.45, 2.75) is 19.9 Å². The van der Waals surface area contributed by atoms with Crippen molar-refractivity contribution in [1.29, 1.82) is 0 Å². The second-order valence-electron chi connectivity index (χ2n) is 4.45. The molecule has 1 atom stereocenters. The SMILES string of the molecule is Cc1c(N)cccc1C(=O)NC(C)C(=O)N(C)C. The molecule has 18 heavy (non-hydrogen) atoms. The van der Waals surface area contributed by atoms with Crippen LogP contribution in [0.15, 0.2) is 18.2 Å². The van der Waals surface area contributed by atoms with Crippen molar-refractivity contribution in [3.05, 3.63) is 29.3 Å².